The number of aromatic nitrogens is 1. The Labute approximate surface area is 72.3 Å². The molecule has 1 aromatic heterocycles. The molecule has 0 saturated carbocycles. The summed E-state index contributed by atoms with van der Waals surface area (Å²) in [5, 5.41) is 0. The van der Waals surface area contributed by atoms with Gasteiger partial charge in [0, 0.05) is 12.7 Å². The average Bonchev–Trinajstić information content (AvgIpc) is 2.15. The van der Waals surface area contributed by atoms with Crippen molar-refractivity contribution in [3.8, 4) is 0 Å². The minimum absolute atomic E-state index is 0.841. The van der Waals surface area contributed by atoms with Gasteiger partial charge in [-0.1, -0.05) is 13.0 Å². The van der Waals surface area contributed by atoms with E-state index in [1.165, 1.54) is 0 Å². The summed E-state index contributed by atoms with van der Waals surface area (Å²) in [6.45, 7) is 2.94. The first-order chi connectivity index (χ1) is 5.88. The SMILES string of the molecule is CCC/N=c1/ccccn1OC. The van der Waals surface area contributed by atoms with Crippen molar-refractivity contribution in [1.82, 2.24) is 4.73 Å². The normalized spacial score (nSPS) is 11.7. The molecule has 12 heavy (non-hydrogen) atoms. The van der Waals surface area contributed by atoms with Crippen molar-refractivity contribution in [2.75, 3.05) is 13.7 Å². The molecule has 66 valence electrons. The van der Waals surface area contributed by atoms with Crippen molar-refractivity contribution in [2.45, 2.75) is 13.3 Å². The monoisotopic (exact) mass is 166 g/mol. The summed E-state index contributed by atoms with van der Waals surface area (Å²) in [5.41, 5.74) is 0.863. The van der Waals surface area contributed by atoms with Gasteiger partial charge < -0.3 is 4.84 Å². The van der Waals surface area contributed by atoms with Gasteiger partial charge in [-0.15, -0.1) is 0 Å². The number of rotatable bonds is 3. The van der Waals surface area contributed by atoms with Gasteiger partial charge in [-0.05, 0) is 18.6 Å². The lowest BCUT2D eigenvalue weighted by molar-refractivity contribution is 0.154. The highest BCUT2D eigenvalue weighted by atomic mass is 16.6. The third-order valence-corrected chi connectivity index (χ3v) is 1.50. The highest BCUT2D eigenvalue weighted by Crippen LogP contribution is 1.79. The molecule has 0 aromatic carbocycles. The summed E-state index contributed by atoms with van der Waals surface area (Å²) < 4.78 is 1.65. The largest absolute Gasteiger partial charge is 0.416 e. The van der Waals surface area contributed by atoms with Crippen molar-refractivity contribution in [1.29, 1.82) is 0 Å². The number of hydrogen-bond acceptors (Lipinski definition) is 2. The van der Waals surface area contributed by atoms with Gasteiger partial charge in [-0.3, -0.25) is 4.99 Å². The highest BCUT2D eigenvalue weighted by Gasteiger charge is 1.86. The predicted octanol–water partition coefficient (Wildman–Crippen LogP) is 0.857. The van der Waals surface area contributed by atoms with Crippen LogP contribution in [0.3, 0.4) is 0 Å². The van der Waals surface area contributed by atoms with Crippen molar-refractivity contribution in [3.63, 3.8) is 0 Å². The second-order valence-electron chi connectivity index (χ2n) is 2.45. The second-order valence-corrected chi connectivity index (χ2v) is 2.45. The van der Waals surface area contributed by atoms with Crippen LogP contribution in [-0.2, 0) is 0 Å². The fraction of sp³-hybridized carbons (Fsp3) is 0.444. The molecule has 0 aliphatic carbocycles. The zero-order valence-electron chi connectivity index (χ0n) is 7.53. The van der Waals surface area contributed by atoms with E-state index in [9.17, 15) is 0 Å². The molecule has 0 aliphatic heterocycles. The standard InChI is InChI=1S/C9H14N2O/c1-3-7-10-9-6-4-5-8-11(9)12-2/h4-6,8H,3,7H2,1-2H3/b10-9-. The van der Waals surface area contributed by atoms with Gasteiger partial charge in [0.05, 0.1) is 0 Å². The molecule has 1 rings (SSSR count). The van der Waals surface area contributed by atoms with Crippen LogP contribution in [0.4, 0.5) is 0 Å². The first kappa shape index (κ1) is 8.84. The Morgan fingerprint density at radius 2 is 2.33 bits per heavy atom. The minimum atomic E-state index is 0.841. The Kier molecular flexibility index (Phi) is 3.38. The third kappa shape index (κ3) is 2.12. The summed E-state index contributed by atoms with van der Waals surface area (Å²) in [6.07, 6.45) is 2.90. The van der Waals surface area contributed by atoms with Crippen molar-refractivity contribution in [3.05, 3.63) is 29.9 Å². The second kappa shape index (κ2) is 4.59. The average molecular weight is 166 g/mol. The molecule has 1 aromatic rings. The Bertz CT molecular complexity index is 291. The van der Waals surface area contributed by atoms with Gasteiger partial charge in [0.25, 0.3) is 0 Å². The van der Waals surface area contributed by atoms with Crippen LogP contribution in [0.15, 0.2) is 29.4 Å². The summed E-state index contributed by atoms with van der Waals surface area (Å²) in [6, 6.07) is 5.79. The molecule has 0 bridgehead atoms. The molecule has 0 radical (unpaired) electrons. The van der Waals surface area contributed by atoms with Crippen LogP contribution in [0.1, 0.15) is 13.3 Å². The lowest BCUT2D eigenvalue weighted by atomic mass is 10.5. The molecule has 0 aliphatic rings. The molecule has 1 heterocycles. The molecular formula is C9H14N2O. The Morgan fingerprint density at radius 1 is 1.50 bits per heavy atom. The van der Waals surface area contributed by atoms with Gasteiger partial charge in [0.2, 0.25) is 0 Å². The quantitative estimate of drug-likeness (QED) is 0.654. The van der Waals surface area contributed by atoms with E-state index in [1.54, 1.807) is 11.8 Å². The smallest absolute Gasteiger partial charge is 0.163 e. The van der Waals surface area contributed by atoms with E-state index in [0.717, 1.165) is 18.5 Å². The van der Waals surface area contributed by atoms with Crippen molar-refractivity contribution >= 4 is 0 Å². The first-order valence-corrected chi connectivity index (χ1v) is 4.11. The van der Waals surface area contributed by atoms with Crippen LogP contribution in [0.5, 0.6) is 0 Å². The van der Waals surface area contributed by atoms with E-state index >= 15 is 0 Å². The molecular weight excluding hydrogens is 152 g/mol. The van der Waals surface area contributed by atoms with E-state index in [2.05, 4.69) is 11.9 Å². The Hall–Kier alpha value is -1.25. The van der Waals surface area contributed by atoms with Gasteiger partial charge >= 0.3 is 0 Å². The van der Waals surface area contributed by atoms with Crippen LogP contribution in [0.2, 0.25) is 0 Å². The molecule has 3 nitrogen and oxygen atoms in total. The van der Waals surface area contributed by atoms with Crippen LogP contribution < -0.4 is 10.3 Å². The highest BCUT2D eigenvalue weighted by molar-refractivity contribution is 4.91. The molecule has 0 spiro atoms. The van der Waals surface area contributed by atoms with Gasteiger partial charge in [0.15, 0.2) is 5.49 Å². The molecule has 0 fully saturated rings. The fourth-order valence-electron chi connectivity index (χ4n) is 0.922. The summed E-state index contributed by atoms with van der Waals surface area (Å²) >= 11 is 0. The van der Waals surface area contributed by atoms with Crippen LogP contribution in [-0.4, -0.2) is 18.4 Å². The van der Waals surface area contributed by atoms with Gasteiger partial charge in [0.1, 0.15) is 7.11 Å². The Morgan fingerprint density at radius 3 is 3.00 bits per heavy atom. The first-order valence-electron chi connectivity index (χ1n) is 4.11. The maximum absolute atomic E-state index is 5.07. The maximum atomic E-state index is 5.07. The number of hydrogen-bond donors (Lipinski definition) is 0. The van der Waals surface area contributed by atoms with E-state index in [4.69, 9.17) is 4.84 Å². The Balaban J connectivity index is 2.96. The molecule has 0 N–H and O–H groups in total. The van der Waals surface area contributed by atoms with Crippen LogP contribution in [0.25, 0.3) is 0 Å². The molecule has 0 saturated heterocycles. The number of nitrogens with zero attached hydrogens (tertiary/aromatic N) is 2. The number of pyridine rings is 1. The van der Waals surface area contributed by atoms with Gasteiger partial charge in [-0.25, -0.2) is 0 Å². The van der Waals surface area contributed by atoms with Crippen LogP contribution >= 0.6 is 0 Å². The molecule has 3 heteroatoms. The lowest BCUT2D eigenvalue weighted by Gasteiger charge is -2.03. The summed E-state index contributed by atoms with van der Waals surface area (Å²) in [5.74, 6) is 0. The predicted molar refractivity (Wildman–Crippen MR) is 47.7 cm³/mol. The van der Waals surface area contributed by atoms with E-state index in [0.29, 0.717) is 0 Å². The van der Waals surface area contributed by atoms with Crippen molar-refractivity contribution in [2.24, 2.45) is 4.99 Å². The topological polar surface area (TPSA) is 26.5 Å². The third-order valence-electron chi connectivity index (χ3n) is 1.50. The molecule has 0 atom stereocenters. The summed E-state index contributed by atoms with van der Waals surface area (Å²) in [4.78, 5) is 9.40. The lowest BCUT2D eigenvalue weighted by Crippen LogP contribution is -2.24. The zero-order valence-corrected chi connectivity index (χ0v) is 7.53. The van der Waals surface area contributed by atoms with E-state index in [1.807, 2.05) is 24.4 Å². The van der Waals surface area contributed by atoms with E-state index in [-0.39, 0.29) is 0 Å². The molecule has 0 amide bonds. The maximum Gasteiger partial charge on any atom is 0.163 e. The molecule has 0 unspecified atom stereocenters. The minimum Gasteiger partial charge on any atom is -0.416 e. The fourth-order valence-corrected chi connectivity index (χ4v) is 0.922. The van der Waals surface area contributed by atoms with Crippen molar-refractivity contribution < 1.29 is 4.84 Å². The van der Waals surface area contributed by atoms with Crippen LogP contribution in [0, 0.1) is 0 Å². The van der Waals surface area contributed by atoms with E-state index < -0.39 is 0 Å². The zero-order chi connectivity index (χ0) is 8.81. The van der Waals surface area contributed by atoms with Gasteiger partial charge in [-0.2, -0.15) is 4.73 Å². The summed E-state index contributed by atoms with van der Waals surface area (Å²) in [7, 11) is 1.63.